The van der Waals surface area contributed by atoms with Gasteiger partial charge in [-0.25, -0.2) is 0 Å². The van der Waals surface area contributed by atoms with Gasteiger partial charge in [0.05, 0.1) is 26.4 Å². The van der Waals surface area contributed by atoms with Crippen molar-refractivity contribution >= 4 is 15.9 Å². The number of alkyl halides is 1. The fourth-order valence-corrected chi connectivity index (χ4v) is 2.29. The second-order valence-electron chi connectivity index (χ2n) is 4.25. The van der Waals surface area contributed by atoms with Crippen LogP contribution in [0.25, 0.3) is 0 Å². The van der Waals surface area contributed by atoms with Gasteiger partial charge >= 0.3 is 0 Å². The van der Waals surface area contributed by atoms with Crippen LogP contribution in [0, 0.1) is 0 Å². The summed E-state index contributed by atoms with van der Waals surface area (Å²) in [6.07, 6.45) is 0.918. The Kier molecular flexibility index (Phi) is 9.66. The minimum absolute atomic E-state index is 0.00711. The second kappa shape index (κ2) is 11.1. The SMILES string of the molecule is COCCCOCCOC(CBr)c1cccc(OC)c1. The van der Waals surface area contributed by atoms with Crippen LogP contribution < -0.4 is 4.74 Å². The van der Waals surface area contributed by atoms with Crippen molar-refractivity contribution in [2.45, 2.75) is 12.5 Å². The van der Waals surface area contributed by atoms with Gasteiger partial charge in [-0.1, -0.05) is 28.1 Å². The third-order valence-corrected chi connectivity index (χ3v) is 3.38. The maximum atomic E-state index is 5.82. The molecule has 4 nitrogen and oxygen atoms in total. The minimum atomic E-state index is 0.00711. The van der Waals surface area contributed by atoms with Gasteiger partial charge in [-0.2, -0.15) is 0 Å². The van der Waals surface area contributed by atoms with E-state index in [1.165, 1.54) is 0 Å². The minimum Gasteiger partial charge on any atom is -0.497 e. The molecular formula is C15H23BrO4. The highest BCUT2D eigenvalue weighted by Gasteiger charge is 2.11. The van der Waals surface area contributed by atoms with Gasteiger partial charge in [0.25, 0.3) is 0 Å². The number of hydrogen-bond acceptors (Lipinski definition) is 4. The topological polar surface area (TPSA) is 36.9 Å². The van der Waals surface area contributed by atoms with E-state index in [9.17, 15) is 0 Å². The molecule has 0 fully saturated rings. The zero-order valence-electron chi connectivity index (χ0n) is 12.1. The summed E-state index contributed by atoms with van der Waals surface area (Å²) < 4.78 is 21.5. The maximum absolute atomic E-state index is 5.82. The van der Waals surface area contributed by atoms with Crippen LogP contribution in [0.1, 0.15) is 18.1 Å². The highest BCUT2D eigenvalue weighted by Crippen LogP contribution is 2.23. The van der Waals surface area contributed by atoms with Crippen molar-refractivity contribution in [2.24, 2.45) is 0 Å². The van der Waals surface area contributed by atoms with E-state index in [-0.39, 0.29) is 6.10 Å². The van der Waals surface area contributed by atoms with Gasteiger partial charge < -0.3 is 18.9 Å². The molecule has 0 aliphatic carbocycles. The zero-order chi connectivity index (χ0) is 14.6. The number of benzene rings is 1. The Balaban J connectivity index is 2.28. The van der Waals surface area contributed by atoms with E-state index in [0.717, 1.165) is 29.7 Å². The van der Waals surface area contributed by atoms with Gasteiger partial charge in [-0.15, -0.1) is 0 Å². The van der Waals surface area contributed by atoms with E-state index in [2.05, 4.69) is 15.9 Å². The lowest BCUT2D eigenvalue weighted by Gasteiger charge is -2.16. The summed E-state index contributed by atoms with van der Waals surface area (Å²) in [5, 5.41) is 0.740. The van der Waals surface area contributed by atoms with E-state index in [4.69, 9.17) is 18.9 Å². The summed E-state index contributed by atoms with van der Waals surface area (Å²) in [4.78, 5) is 0. The molecule has 5 heteroatoms. The molecule has 0 N–H and O–H groups in total. The third kappa shape index (κ3) is 6.70. The Morgan fingerprint density at radius 1 is 1.10 bits per heavy atom. The maximum Gasteiger partial charge on any atom is 0.119 e. The Hall–Kier alpha value is -0.620. The molecule has 1 atom stereocenters. The average molecular weight is 347 g/mol. The molecule has 0 saturated heterocycles. The van der Waals surface area contributed by atoms with Crippen LogP contribution in [-0.4, -0.2) is 46.0 Å². The van der Waals surface area contributed by atoms with Gasteiger partial charge in [0.15, 0.2) is 0 Å². The molecule has 0 amide bonds. The fraction of sp³-hybridized carbons (Fsp3) is 0.600. The first-order valence-electron chi connectivity index (χ1n) is 6.70. The van der Waals surface area contributed by atoms with Gasteiger partial charge in [0, 0.05) is 25.7 Å². The molecule has 1 aromatic carbocycles. The normalized spacial score (nSPS) is 12.3. The van der Waals surface area contributed by atoms with E-state index in [1.807, 2.05) is 24.3 Å². The zero-order valence-corrected chi connectivity index (χ0v) is 13.7. The van der Waals surface area contributed by atoms with E-state index < -0.39 is 0 Å². The van der Waals surface area contributed by atoms with Crippen molar-refractivity contribution in [3.63, 3.8) is 0 Å². The van der Waals surface area contributed by atoms with E-state index in [0.29, 0.717) is 19.8 Å². The molecule has 0 heterocycles. The van der Waals surface area contributed by atoms with Crippen LogP contribution >= 0.6 is 15.9 Å². The van der Waals surface area contributed by atoms with Crippen molar-refractivity contribution in [1.29, 1.82) is 0 Å². The summed E-state index contributed by atoms with van der Waals surface area (Å²) in [5.41, 5.74) is 1.10. The lowest BCUT2D eigenvalue weighted by atomic mass is 10.1. The first-order valence-corrected chi connectivity index (χ1v) is 7.82. The second-order valence-corrected chi connectivity index (χ2v) is 4.90. The summed E-state index contributed by atoms with van der Waals surface area (Å²) in [7, 11) is 3.36. The van der Waals surface area contributed by atoms with Crippen molar-refractivity contribution in [3.8, 4) is 5.75 Å². The molecule has 0 saturated carbocycles. The van der Waals surface area contributed by atoms with Crippen LogP contribution in [0.5, 0.6) is 5.75 Å². The molecule has 20 heavy (non-hydrogen) atoms. The highest BCUT2D eigenvalue weighted by atomic mass is 79.9. The monoisotopic (exact) mass is 346 g/mol. The smallest absolute Gasteiger partial charge is 0.119 e. The molecule has 0 aliphatic heterocycles. The van der Waals surface area contributed by atoms with Crippen molar-refractivity contribution < 1.29 is 18.9 Å². The number of methoxy groups -OCH3 is 2. The summed E-state index contributed by atoms with van der Waals surface area (Å²) in [6.45, 7) is 2.60. The fourth-order valence-electron chi connectivity index (χ4n) is 1.73. The molecule has 0 spiro atoms. The predicted octanol–water partition coefficient (Wildman–Crippen LogP) is 3.20. The number of halogens is 1. The molecule has 114 valence electrons. The third-order valence-electron chi connectivity index (χ3n) is 2.79. The average Bonchev–Trinajstić information content (AvgIpc) is 2.50. The number of ether oxygens (including phenoxy) is 4. The molecule has 1 aromatic rings. The van der Waals surface area contributed by atoms with Crippen LogP contribution in [-0.2, 0) is 14.2 Å². The number of rotatable bonds is 11. The van der Waals surface area contributed by atoms with E-state index in [1.54, 1.807) is 14.2 Å². The van der Waals surface area contributed by atoms with Crippen LogP contribution in [0.15, 0.2) is 24.3 Å². The molecule has 1 rings (SSSR count). The lowest BCUT2D eigenvalue weighted by molar-refractivity contribution is 0.00973. The molecule has 1 unspecified atom stereocenters. The Bertz CT molecular complexity index is 359. The van der Waals surface area contributed by atoms with Gasteiger partial charge in [0.2, 0.25) is 0 Å². The molecular weight excluding hydrogens is 324 g/mol. The summed E-state index contributed by atoms with van der Waals surface area (Å²) in [6, 6.07) is 7.92. The van der Waals surface area contributed by atoms with Crippen molar-refractivity contribution in [2.75, 3.05) is 46.0 Å². The van der Waals surface area contributed by atoms with Gasteiger partial charge in [-0.05, 0) is 24.1 Å². The summed E-state index contributed by atoms with van der Waals surface area (Å²) >= 11 is 3.48. The Labute approximate surface area is 129 Å². The van der Waals surface area contributed by atoms with Crippen molar-refractivity contribution in [1.82, 2.24) is 0 Å². The lowest BCUT2D eigenvalue weighted by Crippen LogP contribution is -2.12. The standard InChI is InChI=1S/C15H23BrO4/c1-17-7-4-8-19-9-10-20-15(12-16)13-5-3-6-14(11-13)18-2/h3,5-6,11,15H,4,7-10,12H2,1-2H3. The quantitative estimate of drug-likeness (QED) is 0.455. The van der Waals surface area contributed by atoms with E-state index >= 15 is 0 Å². The van der Waals surface area contributed by atoms with Crippen molar-refractivity contribution in [3.05, 3.63) is 29.8 Å². The highest BCUT2D eigenvalue weighted by molar-refractivity contribution is 9.09. The molecule has 0 aliphatic rings. The van der Waals surface area contributed by atoms with Crippen LogP contribution in [0.2, 0.25) is 0 Å². The molecule has 0 aromatic heterocycles. The Morgan fingerprint density at radius 2 is 1.95 bits per heavy atom. The molecule has 0 radical (unpaired) electrons. The predicted molar refractivity (Wildman–Crippen MR) is 82.8 cm³/mol. The Morgan fingerprint density at radius 3 is 2.65 bits per heavy atom. The first-order chi connectivity index (χ1) is 9.81. The van der Waals surface area contributed by atoms with Crippen LogP contribution in [0.3, 0.4) is 0 Å². The number of hydrogen-bond donors (Lipinski definition) is 0. The van der Waals surface area contributed by atoms with Crippen LogP contribution in [0.4, 0.5) is 0 Å². The molecule has 0 bridgehead atoms. The summed E-state index contributed by atoms with van der Waals surface area (Å²) in [5.74, 6) is 0.841. The van der Waals surface area contributed by atoms with Gasteiger partial charge in [-0.3, -0.25) is 0 Å². The first kappa shape index (κ1) is 17.4. The van der Waals surface area contributed by atoms with Gasteiger partial charge in [0.1, 0.15) is 5.75 Å². The largest absolute Gasteiger partial charge is 0.497 e.